The lowest BCUT2D eigenvalue weighted by Crippen LogP contribution is -2.38. The molecule has 3 aromatic carbocycles. The number of sulfonamides is 1. The standard InChI is InChI=1S/C33H30ClFN4O4S/c1-21-29-19-37-39(25-9-7-24(35)8-10-25)31(29)17-22-5-6-23(33(21)22)20-38(15-16-40)44(41,42)27-13-11-26(12-14-27)43-32-4-2-3-30(34)28(32)18-36/h2-4,7-14,17,19,21,23,37,40H,5-6,15-16,20H2,1H3/t21-,23+/m0/s1. The van der Waals surface area contributed by atoms with E-state index in [4.69, 9.17) is 16.3 Å². The van der Waals surface area contributed by atoms with Crippen LogP contribution in [0.25, 0.3) is 0 Å². The van der Waals surface area contributed by atoms with Gasteiger partial charge in [-0.1, -0.05) is 30.2 Å². The lowest BCUT2D eigenvalue weighted by Gasteiger charge is -2.32. The molecule has 0 saturated carbocycles. The molecule has 0 radical (unpaired) electrons. The number of hydrogen-bond donors (Lipinski definition) is 2. The molecule has 1 aliphatic heterocycles. The van der Waals surface area contributed by atoms with Crippen molar-refractivity contribution < 1.29 is 22.7 Å². The number of hydrogen-bond acceptors (Lipinski definition) is 7. The number of hydrazine groups is 1. The molecule has 11 heteroatoms. The molecule has 0 spiro atoms. The lowest BCUT2D eigenvalue weighted by molar-refractivity contribution is 0.243. The zero-order valence-corrected chi connectivity index (χ0v) is 25.4. The van der Waals surface area contributed by atoms with Crippen molar-refractivity contribution >= 4 is 27.3 Å². The first-order valence-electron chi connectivity index (χ1n) is 14.3. The van der Waals surface area contributed by atoms with Gasteiger partial charge in [0.05, 0.1) is 27.9 Å². The van der Waals surface area contributed by atoms with Crippen molar-refractivity contribution in [3.63, 3.8) is 0 Å². The molecule has 0 fully saturated rings. The highest BCUT2D eigenvalue weighted by Gasteiger charge is 2.40. The molecule has 6 rings (SSSR count). The van der Waals surface area contributed by atoms with Crippen LogP contribution in [0.3, 0.4) is 0 Å². The van der Waals surface area contributed by atoms with E-state index in [-0.39, 0.29) is 58.6 Å². The summed E-state index contributed by atoms with van der Waals surface area (Å²) in [7, 11) is -3.94. The molecule has 0 bridgehead atoms. The zero-order valence-electron chi connectivity index (χ0n) is 23.9. The Bertz CT molecular complexity index is 1830. The molecular formula is C33H30ClFN4O4S. The van der Waals surface area contributed by atoms with Crippen molar-refractivity contribution in [3.05, 3.63) is 118 Å². The minimum Gasteiger partial charge on any atom is -0.456 e. The highest BCUT2D eigenvalue weighted by Crippen LogP contribution is 2.48. The third-order valence-electron chi connectivity index (χ3n) is 8.34. The number of nitriles is 1. The van der Waals surface area contributed by atoms with Crippen LogP contribution in [-0.2, 0) is 10.0 Å². The number of aliphatic hydroxyl groups excluding tert-OH is 1. The third kappa shape index (κ3) is 5.48. The van der Waals surface area contributed by atoms with Crippen LogP contribution >= 0.6 is 11.6 Å². The smallest absolute Gasteiger partial charge is 0.243 e. The minimum absolute atomic E-state index is 0.0188. The molecule has 2 N–H and O–H groups in total. The number of rotatable bonds is 9. The molecular weight excluding hydrogens is 603 g/mol. The molecule has 2 aliphatic carbocycles. The van der Waals surface area contributed by atoms with Crippen molar-refractivity contribution in [1.82, 2.24) is 9.73 Å². The summed E-state index contributed by atoms with van der Waals surface area (Å²) in [6, 6.07) is 19.2. The first kappa shape index (κ1) is 29.9. The van der Waals surface area contributed by atoms with Gasteiger partial charge in [-0.2, -0.15) is 9.57 Å². The predicted molar refractivity (Wildman–Crippen MR) is 166 cm³/mol. The van der Waals surface area contributed by atoms with Gasteiger partial charge in [0, 0.05) is 30.8 Å². The Morgan fingerprint density at radius 3 is 2.61 bits per heavy atom. The molecule has 3 aliphatic rings. The molecule has 226 valence electrons. The second-order valence-corrected chi connectivity index (χ2v) is 13.2. The van der Waals surface area contributed by atoms with Crippen LogP contribution in [0.4, 0.5) is 10.1 Å². The topological polar surface area (TPSA) is 106 Å². The average molecular weight is 633 g/mol. The number of benzene rings is 3. The molecule has 0 saturated heterocycles. The van der Waals surface area contributed by atoms with Gasteiger partial charge < -0.3 is 15.3 Å². The van der Waals surface area contributed by atoms with Gasteiger partial charge in [-0.05, 0) is 91.1 Å². The van der Waals surface area contributed by atoms with Crippen molar-refractivity contribution in [3.8, 4) is 17.6 Å². The van der Waals surface area contributed by atoms with Crippen LogP contribution in [-0.4, -0.2) is 37.5 Å². The molecule has 0 aromatic heterocycles. The number of anilines is 1. The van der Waals surface area contributed by atoms with E-state index < -0.39 is 10.0 Å². The first-order valence-corrected chi connectivity index (χ1v) is 16.1. The Morgan fingerprint density at radius 1 is 1.16 bits per heavy atom. The fraction of sp³-hybridized carbons (Fsp3) is 0.242. The Hall–Kier alpha value is -4.14. The zero-order chi connectivity index (χ0) is 31.0. The second kappa shape index (κ2) is 12.1. The lowest BCUT2D eigenvalue weighted by atomic mass is 9.80. The van der Waals surface area contributed by atoms with Gasteiger partial charge in [-0.25, -0.2) is 12.8 Å². The SMILES string of the molecule is C[C@H]1C2=CNN(c3ccc(F)cc3)C2=CC2=C1[C@@H](CN(CCO)S(=O)(=O)c1ccc(Oc3cccc(Cl)c3C#N)cc1)CC2. The van der Waals surface area contributed by atoms with Crippen LogP contribution in [0.5, 0.6) is 11.5 Å². The van der Waals surface area contributed by atoms with Crippen molar-refractivity contribution in [1.29, 1.82) is 5.26 Å². The third-order valence-corrected chi connectivity index (χ3v) is 10.5. The van der Waals surface area contributed by atoms with E-state index >= 15 is 0 Å². The largest absolute Gasteiger partial charge is 0.456 e. The molecule has 8 nitrogen and oxygen atoms in total. The molecule has 0 unspecified atom stereocenters. The summed E-state index contributed by atoms with van der Waals surface area (Å²) < 4.78 is 48.3. The fourth-order valence-electron chi connectivity index (χ4n) is 6.23. The Kier molecular flexibility index (Phi) is 8.22. The van der Waals surface area contributed by atoms with Crippen molar-refractivity contribution in [2.75, 3.05) is 24.7 Å². The first-order chi connectivity index (χ1) is 21.2. The van der Waals surface area contributed by atoms with E-state index in [0.29, 0.717) is 5.75 Å². The van der Waals surface area contributed by atoms with Gasteiger partial charge in [0.25, 0.3) is 0 Å². The van der Waals surface area contributed by atoms with E-state index in [9.17, 15) is 23.2 Å². The molecule has 2 atom stereocenters. The van der Waals surface area contributed by atoms with Gasteiger partial charge >= 0.3 is 0 Å². The number of nitrogens with one attached hydrogen (secondary N) is 1. The number of halogens is 2. The van der Waals surface area contributed by atoms with Crippen LogP contribution in [0, 0.1) is 29.0 Å². The summed E-state index contributed by atoms with van der Waals surface area (Å²) in [4.78, 5) is 0.0774. The highest BCUT2D eigenvalue weighted by molar-refractivity contribution is 7.89. The number of allylic oxidation sites excluding steroid dienone is 3. The molecule has 1 heterocycles. The summed E-state index contributed by atoms with van der Waals surface area (Å²) in [6.07, 6.45) is 5.70. The minimum atomic E-state index is -3.94. The van der Waals surface area contributed by atoms with Gasteiger partial charge in [-0.15, -0.1) is 0 Å². The summed E-state index contributed by atoms with van der Waals surface area (Å²) in [5.41, 5.74) is 8.79. The fourth-order valence-corrected chi connectivity index (χ4v) is 7.91. The van der Waals surface area contributed by atoms with E-state index in [2.05, 4.69) is 18.4 Å². The van der Waals surface area contributed by atoms with E-state index in [1.165, 1.54) is 51.8 Å². The molecule has 0 amide bonds. The van der Waals surface area contributed by atoms with Gasteiger partial charge in [0.2, 0.25) is 10.0 Å². The Labute approximate surface area is 261 Å². The van der Waals surface area contributed by atoms with Crippen LogP contribution < -0.4 is 15.2 Å². The van der Waals surface area contributed by atoms with Crippen LogP contribution in [0.15, 0.2) is 106 Å². The number of ether oxygens (including phenoxy) is 1. The van der Waals surface area contributed by atoms with Crippen LogP contribution in [0.2, 0.25) is 5.02 Å². The van der Waals surface area contributed by atoms with E-state index in [1.807, 2.05) is 17.3 Å². The van der Waals surface area contributed by atoms with Gasteiger partial charge in [0.1, 0.15) is 28.9 Å². The summed E-state index contributed by atoms with van der Waals surface area (Å²) in [5.74, 6) is 0.364. The molecule has 44 heavy (non-hydrogen) atoms. The van der Waals surface area contributed by atoms with Gasteiger partial charge in [0.15, 0.2) is 0 Å². The van der Waals surface area contributed by atoms with E-state index in [1.54, 1.807) is 30.3 Å². The number of aliphatic hydroxyl groups is 1. The number of nitrogens with zero attached hydrogens (tertiary/aromatic N) is 3. The second-order valence-electron chi connectivity index (χ2n) is 10.9. The predicted octanol–water partition coefficient (Wildman–Crippen LogP) is 6.27. The molecule has 3 aromatic rings. The maximum atomic E-state index is 13.8. The quantitative estimate of drug-likeness (QED) is 0.286. The maximum Gasteiger partial charge on any atom is 0.243 e. The Balaban J connectivity index is 1.22. The van der Waals surface area contributed by atoms with Crippen LogP contribution in [0.1, 0.15) is 25.3 Å². The monoisotopic (exact) mass is 632 g/mol. The van der Waals surface area contributed by atoms with Crippen molar-refractivity contribution in [2.45, 2.75) is 24.7 Å². The summed E-state index contributed by atoms with van der Waals surface area (Å²) in [5, 5.41) is 21.4. The van der Waals surface area contributed by atoms with Gasteiger partial charge in [-0.3, -0.25) is 5.01 Å². The highest BCUT2D eigenvalue weighted by atomic mass is 35.5. The number of fused-ring (bicyclic) bond motifs is 1. The normalized spacial score (nSPS) is 19.2. The summed E-state index contributed by atoms with van der Waals surface area (Å²) >= 11 is 6.10. The average Bonchev–Trinajstić information content (AvgIpc) is 3.63. The Morgan fingerprint density at radius 2 is 1.91 bits per heavy atom. The van der Waals surface area contributed by atoms with E-state index in [0.717, 1.165) is 29.8 Å². The van der Waals surface area contributed by atoms with Crippen molar-refractivity contribution in [2.24, 2.45) is 11.8 Å². The maximum absolute atomic E-state index is 13.8. The summed E-state index contributed by atoms with van der Waals surface area (Å²) in [6.45, 7) is 2.02.